The Morgan fingerprint density at radius 3 is 2.27 bits per heavy atom. The molecule has 1 atom stereocenters. The van der Waals surface area contributed by atoms with Crippen LogP contribution in [0.25, 0.3) is 0 Å². The van der Waals surface area contributed by atoms with Gasteiger partial charge in [0.1, 0.15) is 11.6 Å². The molecule has 4 heteroatoms. The Bertz CT molecular complexity index is 905. The third kappa shape index (κ3) is 3.18. The van der Waals surface area contributed by atoms with Crippen molar-refractivity contribution in [1.29, 1.82) is 0 Å². The molecule has 0 N–H and O–H groups in total. The van der Waals surface area contributed by atoms with Gasteiger partial charge in [-0.2, -0.15) is 5.10 Å². The molecule has 0 unspecified atom stereocenters. The van der Waals surface area contributed by atoms with E-state index in [1.807, 2.05) is 71.7 Å². The van der Waals surface area contributed by atoms with Gasteiger partial charge < -0.3 is 4.74 Å². The molecule has 3 nitrogen and oxygen atoms in total. The van der Waals surface area contributed by atoms with E-state index < -0.39 is 0 Å². The number of ether oxygens (including phenoxy) is 1. The molecule has 0 fully saturated rings. The SMILES string of the molecule is COc1ccc(C2=NN(c3ccccc3)[C@@H](c3ccc(F)cc3)C2)cc1. The van der Waals surface area contributed by atoms with Crippen molar-refractivity contribution in [2.24, 2.45) is 5.10 Å². The van der Waals surface area contributed by atoms with Crippen LogP contribution in [0.5, 0.6) is 5.75 Å². The first kappa shape index (κ1) is 16.3. The third-order valence-electron chi connectivity index (χ3n) is 4.61. The Morgan fingerprint density at radius 1 is 0.923 bits per heavy atom. The number of benzene rings is 3. The van der Waals surface area contributed by atoms with Crippen LogP contribution in [0.4, 0.5) is 10.1 Å². The van der Waals surface area contributed by atoms with Gasteiger partial charge in [-0.15, -0.1) is 0 Å². The van der Waals surface area contributed by atoms with Crippen molar-refractivity contribution in [1.82, 2.24) is 0 Å². The third-order valence-corrected chi connectivity index (χ3v) is 4.61. The summed E-state index contributed by atoms with van der Waals surface area (Å²) in [7, 11) is 1.66. The molecule has 3 aromatic rings. The Balaban J connectivity index is 1.71. The minimum absolute atomic E-state index is 0.0371. The summed E-state index contributed by atoms with van der Waals surface area (Å²) < 4.78 is 18.6. The van der Waals surface area contributed by atoms with E-state index in [0.717, 1.165) is 34.7 Å². The first-order valence-electron chi connectivity index (χ1n) is 8.56. The van der Waals surface area contributed by atoms with Gasteiger partial charge in [-0.25, -0.2) is 4.39 Å². The molecule has 1 aliphatic rings. The summed E-state index contributed by atoms with van der Waals surface area (Å²) in [5.41, 5.74) is 4.13. The number of hydrogen-bond donors (Lipinski definition) is 0. The van der Waals surface area contributed by atoms with Crippen LogP contribution < -0.4 is 9.75 Å². The van der Waals surface area contributed by atoms with Crippen molar-refractivity contribution in [3.8, 4) is 5.75 Å². The van der Waals surface area contributed by atoms with Crippen molar-refractivity contribution in [2.75, 3.05) is 12.1 Å². The molecule has 0 aromatic heterocycles. The highest BCUT2D eigenvalue weighted by atomic mass is 19.1. The van der Waals surface area contributed by atoms with Gasteiger partial charge in [0, 0.05) is 6.42 Å². The molecule has 0 bridgehead atoms. The second-order valence-corrected chi connectivity index (χ2v) is 6.23. The second-order valence-electron chi connectivity index (χ2n) is 6.23. The maximum Gasteiger partial charge on any atom is 0.123 e. The molecule has 1 heterocycles. The van der Waals surface area contributed by atoms with Crippen LogP contribution in [0, 0.1) is 5.82 Å². The fourth-order valence-corrected chi connectivity index (χ4v) is 3.23. The summed E-state index contributed by atoms with van der Waals surface area (Å²) in [6, 6.07) is 24.7. The summed E-state index contributed by atoms with van der Waals surface area (Å²) >= 11 is 0. The summed E-state index contributed by atoms with van der Waals surface area (Å²) in [5.74, 6) is 0.594. The fraction of sp³-hybridized carbons (Fsp3) is 0.136. The van der Waals surface area contributed by atoms with Crippen molar-refractivity contribution >= 4 is 11.4 Å². The van der Waals surface area contributed by atoms with E-state index >= 15 is 0 Å². The van der Waals surface area contributed by atoms with E-state index in [2.05, 4.69) is 0 Å². The highest BCUT2D eigenvalue weighted by Gasteiger charge is 2.29. The molecule has 26 heavy (non-hydrogen) atoms. The largest absolute Gasteiger partial charge is 0.497 e. The quantitative estimate of drug-likeness (QED) is 0.649. The highest BCUT2D eigenvalue weighted by molar-refractivity contribution is 6.03. The second kappa shape index (κ2) is 7.00. The number of anilines is 1. The maximum absolute atomic E-state index is 13.4. The van der Waals surface area contributed by atoms with E-state index in [4.69, 9.17) is 9.84 Å². The number of para-hydroxylation sites is 1. The van der Waals surface area contributed by atoms with Gasteiger partial charge in [-0.1, -0.05) is 30.3 Å². The Labute approximate surface area is 152 Å². The lowest BCUT2D eigenvalue weighted by Crippen LogP contribution is -2.18. The number of hydrazone groups is 1. The lowest BCUT2D eigenvalue weighted by molar-refractivity contribution is 0.415. The van der Waals surface area contributed by atoms with Crippen molar-refractivity contribution in [3.63, 3.8) is 0 Å². The topological polar surface area (TPSA) is 24.8 Å². The predicted octanol–water partition coefficient (Wildman–Crippen LogP) is 5.19. The van der Waals surface area contributed by atoms with Crippen molar-refractivity contribution in [2.45, 2.75) is 12.5 Å². The Hall–Kier alpha value is -3.14. The lowest BCUT2D eigenvalue weighted by atomic mass is 9.98. The first-order valence-corrected chi connectivity index (χ1v) is 8.56. The zero-order valence-electron chi connectivity index (χ0n) is 14.5. The van der Waals surface area contributed by atoms with Crippen LogP contribution in [-0.4, -0.2) is 12.8 Å². The van der Waals surface area contributed by atoms with Crippen LogP contribution in [0.1, 0.15) is 23.6 Å². The molecular weight excluding hydrogens is 327 g/mol. The van der Waals surface area contributed by atoms with E-state index in [1.54, 1.807) is 7.11 Å². The maximum atomic E-state index is 13.4. The Morgan fingerprint density at radius 2 is 1.62 bits per heavy atom. The van der Waals surface area contributed by atoms with E-state index in [0.29, 0.717) is 0 Å². The first-order chi connectivity index (χ1) is 12.7. The normalized spacial score (nSPS) is 16.5. The molecule has 130 valence electrons. The predicted molar refractivity (Wildman–Crippen MR) is 102 cm³/mol. The highest BCUT2D eigenvalue weighted by Crippen LogP contribution is 2.36. The van der Waals surface area contributed by atoms with Gasteiger partial charge in [-0.05, 0) is 59.7 Å². The molecule has 0 saturated carbocycles. The number of halogens is 1. The summed E-state index contributed by atoms with van der Waals surface area (Å²) in [6.45, 7) is 0. The zero-order valence-corrected chi connectivity index (χ0v) is 14.5. The van der Waals surface area contributed by atoms with Gasteiger partial charge in [0.25, 0.3) is 0 Å². The average molecular weight is 346 g/mol. The van der Waals surface area contributed by atoms with Crippen LogP contribution in [0.2, 0.25) is 0 Å². The van der Waals surface area contributed by atoms with E-state index in [9.17, 15) is 4.39 Å². The molecule has 0 saturated heterocycles. The van der Waals surface area contributed by atoms with Gasteiger partial charge >= 0.3 is 0 Å². The molecule has 1 aliphatic heterocycles. The number of nitrogens with zero attached hydrogens (tertiary/aromatic N) is 2. The van der Waals surface area contributed by atoms with Crippen LogP contribution in [0.3, 0.4) is 0 Å². The lowest BCUT2D eigenvalue weighted by Gasteiger charge is -2.23. The molecule has 0 amide bonds. The van der Waals surface area contributed by atoms with Crippen LogP contribution in [-0.2, 0) is 0 Å². The molecular formula is C22H19FN2O. The van der Waals surface area contributed by atoms with Gasteiger partial charge in [0.2, 0.25) is 0 Å². The molecule has 0 spiro atoms. The van der Waals surface area contributed by atoms with Gasteiger partial charge in [0.15, 0.2) is 0 Å². The summed E-state index contributed by atoms with van der Waals surface area (Å²) in [5, 5.41) is 6.90. The Kier molecular flexibility index (Phi) is 4.40. The van der Waals surface area contributed by atoms with Gasteiger partial charge in [0.05, 0.1) is 24.6 Å². The monoisotopic (exact) mass is 346 g/mol. The summed E-state index contributed by atoms with van der Waals surface area (Å²) in [4.78, 5) is 0. The number of rotatable bonds is 4. The van der Waals surface area contributed by atoms with E-state index in [1.165, 1.54) is 12.1 Å². The standard InChI is InChI=1S/C22H19FN2O/c1-26-20-13-9-16(10-14-20)21-15-22(17-7-11-18(23)12-8-17)25(24-21)19-5-3-2-4-6-19/h2-14,22H,15H2,1H3/t22-/m1/s1. The fourth-order valence-electron chi connectivity index (χ4n) is 3.23. The van der Waals surface area contributed by atoms with Crippen LogP contribution >= 0.6 is 0 Å². The minimum Gasteiger partial charge on any atom is -0.497 e. The van der Waals surface area contributed by atoms with Gasteiger partial charge in [-0.3, -0.25) is 5.01 Å². The molecule has 3 aromatic carbocycles. The minimum atomic E-state index is -0.227. The zero-order chi connectivity index (χ0) is 17.9. The van der Waals surface area contributed by atoms with Crippen molar-refractivity contribution in [3.05, 3.63) is 95.8 Å². The number of hydrogen-bond acceptors (Lipinski definition) is 3. The smallest absolute Gasteiger partial charge is 0.123 e. The van der Waals surface area contributed by atoms with Crippen molar-refractivity contribution < 1.29 is 9.13 Å². The van der Waals surface area contributed by atoms with E-state index in [-0.39, 0.29) is 11.9 Å². The molecule has 4 rings (SSSR count). The average Bonchev–Trinajstić information content (AvgIpc) is 3.15. The summed E-state index contributed by atoms with van der Waals surface area (Å²) in [6.07, 6.45) is 0.757. The molecule has 0 radical (unpaired) electrons. The van der Waals surface area contributed by atoms with Crippen LogP contribution in [0.15, 0.2) is 84.0 Å². The molecule has 0 aliphatic carbocycles. The number of methoxy groups -OCH3 is 1.